The third-order valence-corrected chi connectivity index (χ3v) is 3.20. The molecule has 18 heavy (non-hydrogen) atoms. The summed E-state index contributed by atoms with van der Waals surface area (Å²) < 4.78 is 1.87. The van der Waals surface area contributed by atoms with Gasteiger partial charge in [-0.25, -0.2) is 14.6 Å². The summed E-state index contributed by atoms with van der Waals surface area (Å²) in [5, 5.41) is 4.56. The maximum atomic E-state index is 5.75. The van der Waals surface area contributed by atoms with Crippen LogP contribution in [0.4, 0.5) is 0 Å². The molecule has 2 aromatic heterocycles. The standard InChI is InChI=1S/C13H19N5/c1-8(6-14)13-10(3)17-18(11(13)4)12-5-9(2)15-7-16-12/h5,7-8H,6,14H2,1-4H3. The second-order valence-electron chi connectivity index (χ2n) is 4.65. The van der Waals surface area contributed by atoms with E-state index in [4.69, 9.17) is 5.73 Å². The lowest BCUT2D eigenvalue weighted by molar-refractivity contribution is 0.756. The number of nitrogens with two attached hydrogens (primary N) is 1. The average molecular weight is 245 g/mol. The Bertz CT molecular complexity index is 559. The molecule has 0 saturated carbocycles. The molecule has 0 spiro atoms. The molecule has 2 rings (SSSR count). The molecule has 0 bridgehead atoms. The van der Waals surface area contributed by atoms with Crippen LogP contribution in [0.5, 0.6) is 0 Å². The molecule has 0 aliphatic rings. The highest BCUT2D eigenvalue weighted by Crippen LogP contribution is 2.24. The maximum absolute atomic E-state index is 5.75. The van der Waals surface area contributed by atoms with Crippen LogP contribution in [0.1, 0.15) is 35.5 Å². The highest BCUT2D eigenvalue weighted by molar-refractivity contribution is 5.35. The van der Waals surface area contributed by atoms with Gasteiger partial charge in [0.1, 0.15) is 6.33 Å². The van der Waals surface area contributed by atoms with Crippen molar-refractivity contribution in [2.75, 3.05) is 6.54 Å². The third-order valence-electron chi connectivity index (χ3n) is 3.20. The first-order valence-corrected chi connectivity index (χ1v) is 6.09. The fraction of sp³-hybridized carbons (Fsp3) is 0.462. The molecule has 5 heteroatoms. The Morgan fingerprint density at radius 2 is 2.00 bits per heavy atom. The fourth-order valence-corrected chi connectivity index (χ4v) is 2.27. The first-order chi connectivity index (χ1) is 8.54. The number of nitrogens with zero attached hydrogens (tertiary/aromatic N) is 4. The Morgan fingerprint density at radius 1 is 1.28 bits per heavy atom. The van der Waals surface area contributed by atoms with E-state index in [1.165, 1.54) is 5.56 Å². The molecule has 2 heterocycles. The van der Waals surface area contributed by atoms with Crippen molar-refractivity contribution in [3.63, 3.8) is 0 Å². The Hall–Kier alpha value is -1.75. The summed E-state index contributed by atoms with van der Waals surface area (Å²) in [6.07, 6.45) is 1.56. The second-order valence-corrected chi connectivity index (χ2v) is 4.65. The second kappa shape index (κ2) is 4.86. The first-order valence-electron chi connectivity index (χ1n) is 6.09. The van der Waals surface area contributed by atoms with Gasteiger partial charge in [0.2, 0.25) is 0 Å². The van der Waals surface area contributed by atoms with Crippen LogP contribution in [-0.4, -0.2) is 26.3 Å². The van der Waals surface area contributed by atoms with E-state index in [-0.39, 0.29) is 0 Å². The zero-order chi connectivity index (χ0) is 13.3. The van der Waals surface area contributed by atoms with Crippen LogP contribution < -0.4 is 5.73 Å². The van der Waals surface area contributed by atoms with Crippen molar-refractivity contribution in [1.82, 2.24) is 19.7 Å². The van der Waals surface area contributed by atoms with Crippen LogP contribution in [0, 0.1) is 20.8 Å². The van der Waals surface area contributed by atoms with Crippen LogP contribution in [0.2, 0.25) is 0 Å². The Balaban J connectivity index is 2.54. The number of aryl methyl sites for hydroxylation is 2. The largest absolute Gasteiger partial charge is 0.330 e. The van der Waals surface area contributed by atoms with Crippen LogP contribution >= 0.6 is 0 Å². The zero-order valence-corrected chi connectivity index (χ0v) is 11.3. The van der Waals surface area contributed by atoms with Crippen molar-refractivity contribution in [2.45, 2.75) is 33.6 Å². The molecule has 0 fully saturated rings. The minimum atomic E-state index is 0.307. The summed E-state index contributed by atoms with van der Waals surface area (Å²) in [6.45, 7) is 8.75. The molecule has 0 aliphatic heterocycles. The molecule has 0 amide bonds. The lowest BCUT2D eigenvalue weighted by Gasteiger charge is -2.09. The van der Waals surface area contributed by atoms with Gasteiger partial charge in [0.15, 0.2) is 5.82 Å². The van der Waals surface area contributed by atoms with Crippen molar-refractivity contribution in [1.29, 1.82) is 0 Å². The molecule has 1 atom stereocenters. The van der Waals surface area contributed by atoms with E-state index in [0.29, 0.717) is 12.5 Å². The maximum Gasteiger partial charge on any atom is 0.157 e. The van der Waals surface area contributed by atoms with Gasteiger partial charge in [-0.2, -0.15) is 5.10 Å². The summed E-state index contributed by atoms with van der Waals surface area (Å²) in [7, 11) is 0. The predicted octanol–water partition coefficient (Wildman–Crippen LogP) is 1.65. The number of aromatic nitrogens is 4. The topological polar surface area (TPSA) is 69.6 Å². The van der Waals surface area contributed by atoms with Gasteiger partial charge in [-0.3, -0.25) is 0 Å². The molecule has 5 nitrogen and oxygen atoms in total. The fourth-order valence-electron chi connectivity index (χ4n) is 2.27. The van der Waals surface area contributed by atoms with E-state index >= 15 is 0 Å². The molecule has 0 aliphatic carbocycles. The van der Waals surface area contributed by atoms with Gasteiger partial charge in [0.25, 0.3) is 0 Å². The summed E-state index contributed by atoms with van der Waals surface area (Å²) in [6, 6.07) is 1.93. The lowest BCUT2D eigenvalue weighted by atomic mass is 9.99. The van der Waals surface area contributed by atoms with Gasteiger partial charge in [-0.15, -0.1) is 0 Å². The summed E-state index contributed by atoms with van der Waals surface area (Å²) in [4.78, 5) is 8.37. The molecule has 2 aromatic rings. The monoisotopic (exact) mass is 245 g/mol. The minimum absolute atomic E-state index is 0.307. The third kappa shape index (κ3) is 2.13. The molecule has 0 aromatic carbocycles. The number of hydrogen-bond acceptors (Lipinski definition) is 4. The normalized spacial score (nSPS) is 12.7. The highest BCUT2D eigenvalue weighted by Gasteiger charge is 2.17. The molecule has 0 saturated heterocycles. The van der Waals surface area contributed by atoms with Crippen LogP contribution in [0.15, 0.2) is 12.4 Å². The molecular formula is C13H19N5. The first kappa shape index (κ1) is 12.7. The van der Waals surface area contributed by atoms with Crippen LogP contribution in [0.25, 0.3) is 5.82 Å². The van der Waals surface area contributed by atoms with Gasteiger partial charge in [0, 0.05) is 23.0 Å². The Morgan fingerprint density at radius 3 is 2.61 bits per heavy atom. The van der Waals surface area contributed by atoms with Crippen molar-refractivity contribution < 1.29 is 0 Å². The van der Waals surface area contributed by atoms with Crippen LogP contribution in [0.3, 0.4) is 0 Å². The van der Waals surface area contributed by atoms with Gasteiger partial charge >= 0.3 is 0 Å². The molecule has 1 unspecified atom stereocenters. The Labute approximate surface area is 107 Å². The number of hydrogen-bond donors (Lipinski definition) is 1. The summed E-state index contributed by atoms with van der Waals surface area (Å²) in [5.41, 5.74) is 10.0. The molecular weight excluding hydrogens is 226 g/mol. The van der Waals surface area contributed by atoms with Gasteiger partial charge in [0.05, 0.1) is 5.69 Å². The number of rotatable bonds is 3. The molecule has 2 N–H and O–H groups in total. The summed E-state index contributed by atoms with van der Waals surface area (Å²) >= 11 is 0. The van der Waals surface area contributed by atoms with E-state index in [1.807, 2.05) is 24.6 Å². The van der Waals surface area contributed by atoms with Crippen molar-refractivity contribution in [3.8, 4) is 5.82 Å². The van der Waals surface area contributed by atoms with E-state index < -0.39 is 0 Å². The van der Waals surface area contributed by atoms with Crippen molar-refractivity contribution in [2.24, 2.45) is 5.73 Å². The van der Waals surface area contributed by atoms with E-state index in [2.05, 4.69) is 28.9 Å². The zero-order valence-electron chi connectivity index (χ0n) is 11.3. The molecule has 96 valence electrons. The lowest BCUT2D eigenvalue weighted by Crippen LogP contribution is -2.11. The van der Waals surface area contributed by atoms with E-state index in [1.54, 1.807) is 6.33 Å². The Kier molecular flexibility index (Phi) is 3.43. The SMILES string of the molecule is Cc1cc(-n2nc(C)c(C(C)CN)c2C)ncn1. The highest BCUT2D eigenvalue weighted by atomic mass is 15.3. The van der Waals surface area contributed by atoms with E-state index in [0.717, 1.165) is 22.9 Å². The minimum Gasteiger partial charge on any atom is -0.330 e. The van der Waals surface area contributed by atoms with Crippen molar-refractivity contribution in [3.05, 3.63) is 35.0 Å². The van der Waals surface area contributed by atoms with Gasteiger partial charge in [-0.05, 0) is 33.2 Å². The average Bonchev–Trinajstić information content (AvgIpc) is 2.64. The van der Waals surface area contributed by atoms with Crippen molar-refractivity contribution >= 4 is 0 Å². The smallest absolute Gasteiger partial charge is 0.157 e. The predicted molar refractivity (Wildman–Crippen MR) is 70.8 cm³/mol. The van der Waals surface area contributed by atoms with Gasteiger partial charge < -0.3 is 5.73 Å². The summed E-state index contributed by atoms with van der Waals surface area (Å²) in [5.74, 6) is 1.11. The molecule has 0 radical (unpaired) electrons. The van der Waals surface area contributed by atoms with E-state index in [9.17, 15) is 0 Å². The van der Waals surface area contributed by atoms with Gasteiger partial charge in [-0.1, -0.05) is 6.92 Å². The van der Waals surface area contributed by atoms with Crippen LogP contribution in [-0.2, 0) is 0 Å². The quantitative estimate of drug-likeness (QED) is 0.892.